The maximum absolute atomic E-state index is 12.1. The molecule has 3 nitrogen and oxygen atoms in total. The van der Waals surface area contributed by atoms with Gasteiger partial charge >= 0.3 is 0 Å². The molecule has 1 aromatic rings. The Balaban J connectivity index is 1.78. The van der Waals surface area contributed by atoms with Crippen LogP contribution in [-0.2, 0) is 11.2 Å². The summed E-state index contributed by atoms with van der Waals surface area (Å²) in [5.41, 5.74) is 1.28. The van der Waals surface area contributed by atoms with Gasteiger partial charge in [0.25, 0.3) is 0 Å². The lowest BCUT2D eigenvalue weighted by atomic mass is 10.0. The van der Waals surface area contributed by atoms with Gasteiger partial charge in [0.05, 0.1) is 0 Å². The molecule has 1 heterocycles. The molecular weight excluding hydrogens is 268 g/mol. The summed E-state index contributed by atoms with van der Waals surface area (Å²) in [6.07, 6.45) is 2.47. The molecule has 20 heavy (non-hydrogen) atoms. The smallest absolute Gasteiger partial charge is 0.221 e. The van der Waals surface area contributed by atoms with E-state index in [-0.39, 0.29) is 11.9 Å². The molecule has 1 aromatic carbocycles. The Morgan fingerprint density at radius 2 is 2.25 bits per heavy atom. The highest BCUT2D eigenvalue weighted by Crippen LogP contribution is 2.11. The fraction of sp³-hybridized carbons (Fsp3) is 0.562. The Bertz CT molecular complexity index is 404. The second-order valence-corrected chi connectivity index (χ2v) is 6.44. The molecule has 0 radical (unpaired) electrons. The van der Waals surface area contributed by atoms with E-state index in [0.29, 0.717) is 12.5 Å². The Hall–Kier alpha value is -1.000. The molecule has 2 rings (SSSR count). The predicted octanol–water partition coefficient (Wildman–Crippen LogP) is 2.22. The van der Waals surface area contributed by atoms with Crippen LogP contribution >= 0.6 is 11.8 Å². The van der Waals surface area contributed by atoms with Crippen LogP contribution in [0.1, 0.15) is 25.3 Å². The second-order valence-electron chi connectivity index (χ2n) is 5.29. The van der Waals surface area contributed by atoms with Gasteiger partial charge < -0.3 is 10.6 Å². The molecule has 110 valence electrons. The van der Waals surface area contributed by atoms with Crippen LogP contribution in [0.2, 0.25) is 0 Å². The van der Waals surface area contributed by atoms with E-state index < -0.39 is 0 Å². The maximum atomic E-state index is 12.1. The van der Waals surface area contributed by atoms with Crippen molar-refractivity contribution in [2.45, 2.75) is 38.3 Å². The van der Waals surface area contributed by atoms with E-state index in [1.54, 1.807) is 0 Å². The van der Waals surface area contributed by atoms with Crippen molar-refractivity contribution in [3.63, 3.8) is 0 Å². The van der Waals surface area contributed by atoms with Crippen LogP contribution in [0.4, 0.5) is 0 Å². The number of hydrogen-bond acceptors (Lipinski definition) is 3. The standard InChI is InChI=1S/C16H24N2OS/c1-2-14(10-13-6-4-3-5-7-13)18-16(19)11-15-12-20-9-8-17-15/h3-7,14-15,17H,2,8-12H2,1H3,(H,18,19). The first-order valence-electron chi connectivity index (χ1n) is 7.42. The largest absolute Gasteiger partial charge is 0.353 e. The number of carbonyl (C=O) groups is 1. The van der Waals surface area contributed by atoms with Crippen molar-refractivity contribution >= 4 is 17.7 Å². The van der Waals surface area contributed by atoms with Gasteiger partial charge in [-0.15, -0.1) is 0 Å². The summed E-state index contributed by atoms with van der Waals surface area (Å²) in [7, 11) is 0. The highest BCUT2D eigenvalue weighted by molar-refractivity contribution is 7.99. The van der Waals surface area contributed by atoms with Gasteiger partial charge in [-0.2, -0.15) is 11.8 Å². The minimum atomic E-state index is 0.174. The summed E-state index contributed by atoms with van der Waals surface area (Å²) in [6, 6.07) is 10.9. The van der Waals surface area contributed by atoms with E-state index >= 15 is 0 Å². The fourth-order valence-electron chi connectivity index (χ4n) is 2.46. The zero-order chi connectivity index (χ0) is 14.2. The minimum absolute atomic E-state index is 0.174. The van der Waals surface area contributed by atoms with Crippen LogP contribution in [0.5, 0.6) is 0 Å². The molecule has 0 aliphatic carbocycles. The molecule has 0 aromatic heterocycles. The number of amides is 1. The number of hydrogen-bond donors (Lipinski definition) is 2. The maximum Gasteiger partial charge on any atom is 0.221 e. The van der Waals surface area contributed by atoms with E-state index in [9.17, 15) is 4.79 Å². The van der Waals surface area contributed by atoms with Crippen molar-refractivity contribution in [2.75, 3.05) is 18.1 Å². The summed E-state index contributed by atoms with van der Waals surface area (Å²) < 4.78 is 0. The molecule has 0 spiro atoms. The second kappa shape index (κ2) is 8.32. The quantitative estimate of drug-likeness (QED) is 0.845. The third kappa shape index (κ3) is 5.17. The molecule has 0 saturated carbocycles. The van der Waals surface area contributed by atoms with E-state index in [0.717, 1.165) is 30.9 Å². The summed E-state index contributed by atoms with van der Waals surface area (Å²) in [4.78, 5) is 12.1. The molecule has 1 aliphatic rings. The molecule has 2 atom stereocenters. The van der Waals surface area contributed by atoms with Crippen LogP contribution < -0.4 is 10.6 Å². The lowest BCUT2D eigenvalue weighted by Crippen LogP contribution is -2.44. The monoisotopic (exact) mass is 292 g/mol. The summed E-state index contributed by atoms with van der Waals surface area (Å²) in [5, 5.41) is 6.58. The number of thioether (sulfide) groups is 1. The molecule has 0 bridgehead atoms. The molecule has 2 unspecified atom stereocenters. The molecule has 1 fully saturated rings. The highest BCUT2D eigenvalue weighted by Gasteiger charge is 2.18. The van der Waals surface area contributed by atoms with Crippen molar-refractivity contribution in [3.05, 3.63) is 35.9 Å². The highest BCUT2D eigenvalue weighted by atomic mass is 32.2. The molecule has 1 amide bonds. The van der Waals surface area contributed by atoms with E-state index in [2.05, 4.69) is 29.7 Å². The Kier molecular flexibility index (Phi) is 6.40. The first-order chi connectivity index (χ1) is 9.78. The molecular formula is C16H24N2OS. The van der Waals surface area contributed by atoms with Gasteiger partial charge in [0.1, 0.15) is 0 Å². The minimum Gasteiger partial charge on any atom is -0.353 e. The van der Waals surface area contributed by atoms with Gasteiger partial charge in [-0.3, -0.25) is 4.79 Å². The van der Waals surface area contributed by atoms with Crippen LogP contribution in [0.3, 0.4) is 0 Å². The zero-order valence-corrected chi connectivity index (χ0v) is 12.9. The van der Waals surface area contributed by atoms with Crippen LogP contribution in [0.25, 0.3) is 0 Å². The number of rotatable bonds is 6. The molecule has 2 N–H and O–H groups in total. The predicted molar refractivity (Wildman–Crippen MR) is 86.1 cm³/mol. The Morgan fingerprint density at radius 3 is 2.90 bits per heavy atom. The van der Waals surface area contributed by atoms with E-state index in [4.69, 9.17) is 0 Å². The lowest BCUT2D eigenvalue weighted by molar-refractivity contribution is -0.122. The van der Waals surface area contributed by atoms with Gasteiger partial charge in [0.2, 0.25) is 5.91 Å². The normalized spacial score (nSPS) is 20.4. The third-order valence-electron chi connectivity index (χ3n) is 3.61. The van der Waals surface area contributed by atoms with Crippen molar-refractivity contribution in [2.24, 2.45) is 0 Å². The first kappa shape index (κ1) is 15.4. The lowest BCUT2D eigenvalue weighted by Gasteiger charge is -2.24. The van der Waals surface area contributed by atoms with Crippen molar-refractivity contribution < 1.29 is 4.79 Å². The van der Waals surface area contributed by atoms with Crippen molar-refractivity contribution in [1.29, 1.82) is 0 Å². The van der Waals surface area contributed by atoms with E-state index in [1.807, 2.05) is 30.0 Å². The topological polar surface area (TPSA) is 41.1 Å². The van der Waals surface area contributed by atoms with Crippen LogP contribution in [0, 0.1) is 0 Å². The fourth-order valence-corrected chi connectivity index (χ4v) is 3.41. The van der Waals surface area contributed by atoms with Gasteiger partial charge in [-0.1, -0.05) is 37.3 Å². The van der Waals surface area contributed by atoms with Gasteiger partial charge in [-0.05, 0) is 18.4 Å². The van der Waals surface area contributed by atoms with Gasteiger partial charge in [0, 0.05) is 36.6 Å². The summed E-state index contributed by atoms with van der Waals surface area (Å²) in [5.74, 6) is 2.37. The average Bonchev–Trinajstić information content (AvgIpc) is 2.48. The summed E-state index contributed by atoms with van der Waals surface area (Å²) >= 11 is 1.93. The first-order valence-corrected chi connectivity index (χ1v) is 8.57. The SMILES string of the molecule is CCC(Cc1ccccc1)NC(=O)CC1CSCCN1. The zero-order valence-electron chi connectivity index (χ0n) is 12.1. The molecule has 4 heteroatoms. The van der Waals surface area contributed by atoms with Crippen LogP contribution in [-0.4, -0.2) is 36.0 Å². The third-order valence-corrected chi connectivity index (χ3v) is 4.74. The number of nitrogens with one attached hydrogen (secondary N) is 2. The summed E-state index contributed by atoms with van der Waals surface area (Å²) in [6.45, 7) is 3.15. The Morgan fingerprint density at radius 1 is 1.45 bits per heavy atom. The van der Waals surface area contributed by atoms with Gasteiger partial charge in [0.15, 0.2) is 0 Å². The average molecular weight is 292 g/mol. The molecule has 1 saturated heterocycles. The Labute approximate surface area is 125 Å². The molecule has 1 aliphatic heterocycles. The van der Waals surface area contributed by atoms with E-state index in [1.165, 1.54) is 5.56 Å². The van der Waals surface area contributed by atoms with Crippen molar-refractivity contribution in [1.82, 2.24) is 10.6 Å². The van der Waals surface area contributed by atoms with Crippen molar-refractivity contribution in [3.8, 4) is 0 Å². The van der Waals surface area contributed by atoms with Gasteiger partial charge in [-0.25, -0.2) is 0 Å². The number of benzene rings is 1. The number of carbonyl (C=O) groups excluding carboxylic acids is 1. The van der Waals surface area contributed by atoms with Crippen LogP contribution in [0.15, 0.2) is 30.3 Å².